The first-order valence-corrected chi connectivity index (χ1v) is 6.76. The molecule has 1 aromatic rings. The summed E-state index contributed by atoms with van der Waals surface area (Å²) in [7, 11) is 0. The molecule has 1 N–H and O–H groups in total. The first kappa shape index (κ1) is 14.2. The Morgan fingerprint density at radius 1 is 1.50 bits per heavy atom. The molecule has 1 aromatic heterocycles. The van der Waals surface area contributed by atoms with Gasteiger partial charge in [0.2, 0.25) is 0 Å². The predicted molar refractivity (Wildman–Crippen MR) is 64.3 cm³/mol. The van der Waals surface area contributed by atoms with Crippen LogP contribution in [0.5, 0.6) is 0 Å². The van der Waals surface area contributed by atoms with Crippen LogP contribution in [-0.2, 0) is 0 Å². The Balaban J connectivity index is 2.23. The van der Waals surface area contributed by atoms with Crippen LogP contribution in [-0.4, -0.2) is 17.8 Å². The van der Waals surface area contributed by atoms with Gasteiger partial charge < -0.3 is 5.32 Å². The highest BCUT2D eigenvalue weighted by atomic mass is 35.5. The maximum absolute atomic E-state index is 11.8. The van der Waals surface area contributed by atoms with Crippen LogP contribution >= 0.6 is 34.7 Å². The number of nitrogens with one attached hydrogen (secondary N) is 1. The van der Waals surface area contributed by atoms with Gasteiger partial charge in [-0.25, -0.2) is 0 Å². The summed E-state index contributed by atoms with van der Waals surface area (Å²) in [5.74, 6) is 0.0208. The summed E-state index contributed by atoms with van der Waals surface area (Å²) in [5.41, 5.74) is -4.14. The van der Waals surface area contributed by atoms with Crippen LogP contribution in [0.3, 0.4) is 0 Å². The monoisotopic (exact) mass is 289 g/mol. The Morgan fingerprint density at radius 2 is 2.19 bits per heavy atom. The SMILES string of the molecule is CC(NCCSC(F)(F)F)c1ccc(Cl)s1. The Labute approximate surface area is 105 Å². The van der Waals surface area contributed by atoms with Crippen molar-refractivity contribution in [3.8, 4) is 0 Å². The summed E-state index contributed by atoms with van der Waals surface area (Å²) in [5, 5.41) is 3.02. The van der Waals surface area contributed by atoms with E-state index in [9.17, 15) is 13.2 Å². The topological polar surface area (TPSA) is 12.0 Å². The highest BCUT2D eigenvalue weighted by Crippen LogP contribution is 2.30. The first-order chi connectivity index (χ1) is 7.38. The third-order valence-electron chi connectivity index (χ3n) is 1.84. The minimum Gasteiger partial charge on any atom is -0.309 e. The van der Waals surface area contributed by atoms with Crippen LogP contribution in [0.25, 0.3) is 0 Å². The molecule has 7 heteroatoms. The molecule has 1 rings (SSSR count). The average molecular weight is 290 g/mol. The summed E-state index contributed by atoms with van der Waals surface area (Å²) < 4.78 is 36.2. The fourth-order valence-electron chi connectivity index (χ4n) is 1.10. The second-order valence-electron chi connectivity index (χ2n) is 3.11. The largest absolute Gasteiger partial charge is 0.441 e. The molecular weight excluding hydrogens is 279 g/mol. The molecule has 1 nitrogen and oxygen atoms in total. The van der Waals surface area contributed by atoms with E-state index < -0.39 is 5.51 Å². The van der Waals surface area contributed by atoms with Gasteiger partial charge in [0.05, 0.1) is 4.34 Å². The van der Waals surface area contributed by atoms with Crippen LogP contribution in [0, 0.1) is 0 Å². The fraction of sp³-hybridized carbons (Fsp3) is 0.556. The molecule has 0 fully saturated rings. The van der Waals surface area contributed by atoms with E-state index >= 15 is 0 Å². The second kappa shape index (κ2) is 6.14. The Kier molecular flexibility index (Phi) is 5.43. The van der Waals surface area contributed by atoms with Gasteiger partial charge in [-0.15, -0.1) is 11.3 Å². The van der Waals surface area contributed by atoms with Crippen molar-refractivity contribution in [2.45, 2.75) is 18.5 Å². The first-order valence-electron chi connectivity index (χ1n) is 4.58. The Bertz CT molecular complexity index is 327. The summed E-state index contributed by atoms with van der Waals surface area (Å²) in [6, 6.07) is 3.69. The lowest BCUT2D eigenvalue weighted by Gasteiger charge is -2.12. The van der Waals surface area contributed by atoms with E-state index in [0.29, 0.717) is 10.9 Å². The Hall–Kier alpha value is 0.0900. The van der Waals surface area contributed by atoms with Gasteiger partial charge >= 0.3 is 5.51 Å². The number of rotatable bonds is 5. The fourth-order valence-corrected chi connectivity index (χ4v) is 2.64. The number of hydrogen-bond donors (Lipinski definition) is 1. The molecule has 0 saturated heterocycles. The van der Waals surface area contributed by atoms with Crippen LogP contribution in [0.1, 0.15) is 17.8 Å². The van der Waals surface area contributed by atoms with E-state index in [-0.39, 0.29) is 23.6 Å². The molecule has 0 aliphatic carbocycles. The van der Waals surface area contributed by atoms with Gasteiger partial charge in [-0.05, 0) is 30.8 Å². The zero-order valence-corrected chi connectivity index (χ0v) is 10.9. The maximum Gasteiger partial charge on any atom is 0.441 e. The average Bonchev–Trinajstić information content (AvgIpc) is 2.57. The van der Waals surface area contributed by atoms with Crippen LogP contribution in [0.2, 0.25) is 4.34 Å². The molecule has 0 aromatic carbocycles. The van der Waals surface area contributed by atoms with Gasteiger partial charge in [-0.3, -0.25) is 0 Å². The number of thioether (sulfide) groups is 1. The van der Waals surface area contributed by atoms with Crippen molar-refractivity contribution in [3.63, 3.8) is 0 Å². The van der Waals surface area contributed by atoms with Gasteiger partial charge in [-0.1, -0.05) is 11.6 Å². The molecule has 1 atom stereocenters. The van der Waals surface area contributed by atoms with E-state index in [2.05, 4.69) is 5.32 Å². The van der Waals surface area contributed by atoms with Crippen LogP contribution in [0.15, 0.2) is 12.1 Å². The Morgan fingerprint density at radius 3 is 2.69 bits per heavy atom. The summed E-state index contributed by atoms with van der Waals surface area (Å²) in [6.07, 6.45) is 0. The highest BCUT2D eigenvalue weighted by Gasteiger charge is 2.27. The molecule has 92 valence electrons. The smallest absolute Gasteiger partial charge is 0.309 e. The molecule has 0 bridgehead atoms. The zero-order chi connectivity index (χ0) is 12.2. The van der Waals surface area contributed by atoms with Gasteiger partial charge in [0.25, 0.3) is 0 Å². The summed E-state index contributed by atoms with van der Waals surface area (Å²) >= 11 is 7.19. The van der Waals surface area contributed by atoms with Gasteiger partial charge in [-0.2, -0.15) is 13.2 Å². The van der Waals surface area contributed by atoms with Gasteiger partial charge in [0, 0.05) is 23.2 Å². The standard InChI is InChI=1S/C9H11ClF3NS2/c1-6(7-2-3-8(10)16-7)14-4-5-15-9(11,12)13/h2-3,6,14H,4-5H2,1H3. The normalized spacial score (nSPS) is 14.1. The molecule has 0 aliphatic heterocycles. The van der Waals surface area contributed by atoms with Crippen molar-refractivity contribution in [3.05, 3.63) is 21.3 Å². The molecule has 0 saturated carbocycles. The predicted octanol–water partition coefficient (Wildman–Crippen LogP) is 4.31. The number of thiophene rings is 1. The molecule has 0 amide bonds. The van der Waals surface area contributed by atoms with E-state index in [1.54, 1.807) is 6.07 Å². The minimum atomic E-state index is -4.14. The third-order valence-corrected chi connectivity index (χ3v) is 3.99. The third kappa shape index (κ3) is 5.43. The van der Waals surface area contributed by atoms with E-state index in [1.807, 2.05) is 13.0 Å². The maximum atomic E-state index is 11.8. The lowest BCUT2D eigenvalue weighted by atomic mass is 10.3. The van der Waals surface area contributed by atoms with Crippen LogP contribution in [0.4, 0.5) is 13.2 Å². The van der Waals surface area contributed by atoms with Crippen molar-refractivity contribution in [1.82, 2.24) is 5.32 Å². The highest BCUT2D eigenvalue weighted by molar-refractivity contribution is 8.00. The lowest BCUT2D eigenvalue weighted by Crippen LogP contribution is -2.21. The van der Waals surface area contributed by atoms with Gasteiger partial charge in [0.15, 0.2) is 0 Å². The molecular formula is C9H11ClF3NS2. The second-order valence-corrected chi connectivity index (χ2v) is 6.02. The number of halogens is 4. The quantitative estimate of drug-likeness (QED) is 0.811. The molecule has 0 radical (unpaired) electrons. The molecule has 16 heavy (non-hydrogen) atoms. The van der Waals surface area contributed by atoms with E-state index in [1.165, 1.54) is 11.3 Å². The van der Waals surface area contributed by atoms with E-state index in [0.717, 1.165) is 4.88 Å². The molecule has 0 spiro atoms. The van der Waals surface area contributed by atoms with Crippen molar-refractivity contribution >= 4 is 34.7 Å². The molecule has 1 heterocycles. The van der Waals surface area contributed by atoms with Crippen molar-refractivity contribution < 1.29 is 13.2 Å². The summed E-state index contributed by atoms with van der Waals surface area (Å²) in [4.78, 5) is 1.03. The lowest BCUT2D eigenvalue weighted by molar-refractivity contribution is -0.0327. The van der Waals surface area contributed by atoms with Crippen molar-refractivity contribution in [1.29, 1.82) is 0 Å². The summed E-state index contributed by atoms with van der Waals surface area (Å²) in [6.45, 7) is 2.22. The van der Waals surface area contributed by atoms with Gasteiger partial charge in [0.1, 0.15) is 0 Å². The van der Waals surface area contributed by atoms with Crippen LogP contribution < -0.4 is 5.32 Å². The zero-order valence-electron chi connectivity index (χ0n) is 8.47. The van der Waals surface area contributed by atoms with E-state index in [4.69, 9.17) is 11.6 Å². The number of alkyl halides is 3. The van der Waals surface area contributed by atoms with Crippen molar-refractivity contribution in [2.24, 2.45) is 0 Å². The minimum absolute atomic E-state index is 0.00921. The van der Waals surface area contributed by atoms with Crippen molar-refractivity contribution in [2.75, 3.05) is 12.3 Å². The molecule has 0 aliphatic rings. The molecule has 1 unspecified atom stereocenters. The number of hydrogen-bond acceptors (Lipinski definition) is 3.